The van der Waals surface area contributed by atoms with Crippen LogP contribution in [0, 0.1) is 13.8 Å². The smallest absolute Gasteiger partial charge is 0.326 e. The van der Waals surface area contributed by atoms with Crippen LogP contribution in [0.15, 0.2) is 18.2 Å². The van der Waals surface area contributed by atoms with Gasteiger partial charge in [-0.15, -0.1) is 0 Å². The van der Waals surface area contributed by atoms with E-state index in [1.807, 2.05) is 19.9 Å². The first-order valence-electron chi connectivity index (χ1n) is 6.55. The summed E-state index contributed by atoms with van der Waals surface area (Å²) in [5.41, 5.74) is 2.58. The van der Waals surface area contributed by atoms with Crippen LogP contribution in [0.5, 0.6) is 0 Å². The molecule has 1 rings (SSSR count). The van der Waals surface area contributed by atoms with Gasteiger partial charge in [-0.25, -0.2) is 4.79 Å². The molecule has 1 unspecified atom stereocenters. The number of carbonyl (C=O) groups excluding carboxylic acids is 1. The van der Waals surface area contributed by atoms with Crippen LogP contribution < -0.4 is 5.32 Å². The lowest BCUT2D eigenvalue weighted by atomic mass is 10.1. The second-order valence-corrected chi connectivity index (χ2v) is 4.80. The number of rotatable bonds is 7. The van der Waals surface area contributed by atoms with Crippen LogP contribution in [-0.4, -0.2) is 36.7 Å². The quantitative estimate of drug-likeness (QED) is 0.748. The zero-order chi connectivity index (χ0) is 15.1. The summed E-state index contributed by atoms with van der Waals surface area (Å²) in [6.07, 6.45) is 0.931. The Kier molecular flexibility index (Phi) is 6.18. The van der Waals surface area contributed by atoms with Crippen LogP contribution in [-0.2, 0) is 9.53 Å². The number of carboxylic acids is 1. The average molecular weight is 279 g/mol. The third kappa shape index (κ3) is 4.66. The van der Waals surface area contributed by atoms with Crippen molar-refractivity contribution in [2.45, 2.75) is 32.7 Å². The largest absolute Gasteiger partial charge is 0.480 e. The van der Waals surface area contributed by atoms with E-state index >= 15 is 0 Å². The molecule has 0 saturated heterocycles. The van der Waals surface area contributed by atoms with Crippen molar-refractivity contribution in [2.75, 3.05) is 13.7 Å². The van der Waals surface area contributed by atoms with Gasteiger partial charge in [0.1, 0.15) is 6.04 Å². The molecule has 110 valence electrons. The first-order valence-corrected chi connectivity index (χ1v) is 6.55. The van der Waals surface area contributed by atoms with Crippen molar-refractivity contribution in [2.24, 2.45) is 0 Å². The minimum atomic E-state index is -1.03. The number of hydrogen-bond acceptors (Lipinski definition) is 3. The number of benzene rings is 1. The average Bonchev–Trinajstić information content (AvgIpc) is 2.40. The summed E-state index contributed by atoms with van der Waals surface area (Å²) in [5.74, 6) is -1.39. The van der Waals surface area contributed by atoms with Gasteiger partial charge in [0.05, 0.1) is 0 Å². The highest BCUT2D eigenvalue weighted by Gasteiger charge is 2.20. The molecule has 0 radical (unpaired) electrons. The Hall–Kier alpha value is -1.88. The number of aryl methyl sites for hydroxylation is 2. The highest BCUT2D eigenvalue weighted by atomic mass is 16.5. The topological polar surface area (TPSA) is 75.6 Å². The molecule has 1 atom stereocenters. The van der Waals surface area contributed by atoms with Gasteiger partial charge in [0.2, 0.25) is 0 Å². The molecule has 1 aromatic rings. The predicted octanol–water partition coefficient (Wildman–Crippen LogP) is 1.91. The molecule has 0 saturated carbocycles. The summed E-state index contributed by atoms with van der Waals surface area (Å²) >= 11 is 0. The fourth-order valence-corrected chi connectivity index (χ4v) is 1.81. The molecule has 0 aliphatic heterocycles. The zero-order valence-corrected chi connectivity index (χ0v) is 12.1. The minimum Gasteiger partial charge on any atom is -0.480 e. The molecule has 0 spiro atoms. The molecule has 2 N–H and O–H groups in total. The molecule has 1 amide bonds. The van der Waals surface area contributed by atoms with E-state index in [2.05, 4.69) is 5.32 Å². The highest BCUT2D eigenvalue weighted by Crippen LogP contribution is 2.10. The van der Waals surface area contributed by atoms with E-state index in [-0.39, 0.29) is 5.91 Å². The minimum absolute atomic E-state index is 0.347. The van der Waals surface area contributed by atoms with E-state index in [4.69, 9.17) is 9.84 Å². The van der Waals surface area contributed by atoms with E-state index in [9.17, 15) is 9.59 Å². The van der Waals surface area contributed by atoms with Gasteiger partial charge in [0.25, 0.3) is 5.91 Å². The number of hydrogen-bond donors (Lipinski definition) is 2. The van der Waals surface area contributed by atoms with Crippen molar-refractivity contribution in [3.05, 3.63) is 34.9 Å². The van der Waals surface area contributed by atoms with Crippen LogP contribution in [0.1, 0.15) is 34.3 Å². The molecule has 5 nitrogen and oxygen atoms in total. The van der Waals surface area contributed by atoms with E-state index in [1.165, 1.54) is 0 Å². The molecule has 0 aliphatic rings. The summed E-state index contributed by atoms with van der Waals surface area (Å²) in [7, 11) is 1.56. The van der Waals surface area contributed by atoms with Crippen molar-refractivity contribution in [3.63, 3.8) is 0 Å². The standard InChI is InChI=1S/C15H21NO4/c1-10-6-7-12(9-11(10)2)14(17)16-13(15(18)19)5-4-8-20-3/h6-7,9,13H,4-5,8H2,1-3H3,(H,16,17)(H,18,19). The lowest BCUT2D eigenvalue weighted by Crippen LogP contribution is -2.40. The van der Waals surface area contributed by atoms with Crippen LogP contribution in [0.4, 0.5) is 0 Å². The Balaban J connectivity index is 2.69. The molecule has 0 bridgehead atoms. The summed E-state index contributed by atoms with van der Waals surface area (Å²) in [6, 6.07) is 4.43. The van der Waals surface area contributed by atoms with E-state index in [0.29, 0.717) is 25.0 Å². The Bertz CT molecular complexity index is 485. The number of methoxy groups -OCH3 is 1. The summed E-state index contributed by atoms with van der Waals surface area (Å²) < 4.78 is 4.88. The SMILES string of the molecule is COCCCC(NC(=O)c1ccc(C)c(C)c1)C(=O)O. The van der Waals surface area contributed by atoms with Crippen molar-refractivity contribution >= 4 is 11.9 Å². The van der Waals surface area contributed by atoms with Gasteiger partial charge in [-0.3, -0.25) is 4.79 Å². The summed E-state index contributed by atoms with van der Waals surface area (Å²) in [4.78, 5) is 23.2. The van der Waals surface area contributed by atoms with Crippen LogP contribution in [0.2, 0.25) is 0 Å². The molecule has 0 fully saturated rings. The Morgan fingerprint density at radius 3 is 2.55 bits per heavy atom. The molecule has 0 heterocycles. The van der Waals surface area contributed by atoms with Gasteiger partial charge in [-0.2, -0.15) is 0 Å². The maximum atomic E-state index is 12.1. The number of ether oxygens (including phenoxy) is 1. The molecule has 20 heavy (non-hydrogen) atoms. The van der Waals surface area contributed by atoms with Crippen molar-refractivity contribution in [3.8, 4) is 0 Å². The third-order valence-corrected chi connectivity index (χ3v) is 3.21. The first-order chi connectivity index (χ1) is 9.45. The normalized spacial score (nSPS) is 11.9. The lowest BCUT2D eigenvalue weighted by Gasteiger charge is -2.14. The van der Waals surface area contributed by atoms with Gasteiger partial charge in [-0.1, -0.05) is 6.07 Å². The molecule has 1 aromatic carbocycles. The van der Waals surface area contributed by atoms with E-state index < -0.39 is 12.0 Å². The number of nitrogens with one attached hydrogen (secondary N) is 1. The van der Waals surface area contributed by atoms with Crippen LogP contribution >= 0.6 is 0 Å². The van der Waals surface area contributed by atoms with Crippen molar-refractivity contribution in [1.29, 1.82) is 0 Å². The van der Waals surface area contributed by atoms with Gasteiger partial charge in [-0.05, 0) is 49.9 Å². The fourth-order valence-electron chi connectivity index (χ4n) is 1.81. The lowest BCUT2D eigenvalue weighted by molar-refractivity contribution is -0.139. The monoisotopic (exact) mass is 279 g/mol. The number of carbonyl (C=O) groups is 2. The number of carboxylic acid groups (broad SMARTS) is 1. The number of aliphatic carboxylic acids is 1. The first kappa shape index (κ1) is 16.2. The predicted molar refractivity (Wildman–Crippen MR) is 75.9 cm³/mol. The molecule has 5 heteroatoms. The van der Waals surface area contributed by atoms with Gasteiger partial charge >= 0.3 is 5.97 Å². The Labute approximate surface area is 118 Å². The molecular weight excluding hydrogens is 258 g/mol. The van der Waals surface area contributed by atoms with E-state index in [1.54, 1.807) is 19.2 Å². The Morgan fingerprint density at radius 1 is 1.30 bits per heavy atom. The fraction of sp³-hybridized carbons (Fsp3) is 0.467. The van der Waals surface area contributed by atoms with Crippen LogP contribution in [0.3, 0.4) is 0 Å². The molecule has 0 aliphatic carbocycles. The molecular formula is C15H21NO4. The second-order valence-electron chi connectivity index (χ2n) is 4.80. The summed E-state index contributed by atoms with van der Waals surface area (Å²) in [5, 5.41) is 11.7. The van der Waals surface area contributed by atoms with Crippen LogP contribution in [0.25, 0.3) is 0 Å². The molecule has 0 aromatic heterocycles. The second kappa shape index (κ2) is 7.65. The van der Waals surface area contributed by atoms with E-state index in [0.717, 1.165) is 11.1 Å². The Morgan fingerprint density at radius 2 is 2.00 bits per heavy atom. The van der Waals surface area contributed by atoms with Gasteiger partial charge in [0.15, 0.2) is 0 Å². The maximum absolute atomic E-state index is 12.1. The van der Waals surface area contributed by atoms with Crippen molar-refractivity contribution < 1.29 is 19.4 Å². The van der Waals surface area contributed by atoms with Gasteiger partial charge in [0, 0.05) is 19.3 Å². The zero-order valence-electron chi connectivity index (χ0n) is 12.1. The maximum Gasteiger partial charge on any atom is 0.326 e. The number of amides is 1. The summed E-state index contributed by atoms with van der Waals surface area (Å²) in [6.45, 7) is 4.35. The van der Waals surface area contributed by atoms with Crippen molar-refractivity contribution in [1.82, 2.24) is 5.32 Å². The highest BCUT2D eigenvalue weighted by molar-refractivity contribution is 5.96. The third-order valence-electron chi connectivity index (χ3n) is 3.21. The van der Waals surface area contributed by atoms with Gasteiger partial charge < -0.3 is 15.2 Å².